The first-order valence-electron chi connectivity index (χ1n) is 8.22. The summed E-state index contributed by atoms with van der Waals surface area (Å²) in [6, 6.07) is 0. The molecular formula is C16H28O3S. The number of Topliss-reactive ketones (excluding diaryl/α,β-unsaturated/α-hetero) is 1. The number of carbonyl (C=O) groups is 1. The Morgan fingerprint density at radius 1 is 1.10 bits per heavy atom. The first kappa shape index (κ1) is 16.3. The molecule has 20 heavy (non-hydrogen) atoms. The van der Waals surface area contributed by atoms with E-state index in [2.05, 4.69) is 6.92 Å². The van der Waals surface area contributed by atoms with E-state index in [1.165, 1.54) is 51.4 Å². The number of rotatable bonds is 10. The van der Waals surface area contributed by atoms with Crippen molar-refractivity contribution in [3.8, 4) is 0 Å². The molecule has 0 aromatic heterocycles. The van der Waals surface area contributed by atoms with Crippen molar-refractivity contribution in [2.24, 2.45) is 0 Å². The van der Waals surface area contributed by atoms with Gasteiger partial charge in [-0.2, -0.15) is 11.8 Å². The number of thioether (sulfide) groups is 1. The number of ketones is 1. The van der Waals surface area contributed by atoms with Crippen LogP contribution in [0, 0.1) is 0 Å². The molecule has 0 aromatic rings. The molecule has 4 heteroatoms. The minimum Gasteiger partial charge on any atom is -0.343 e. The van der Waals surface area contributed by atoms with E-state index in [1.807, 2.05) is 11.8 Å². The average Bonchev–Trinajstić information content (AvgIpc) is 2.88. The average molecular weight is 300 g/mol. The van der Waals surface area contributed by atoms with Gasteiger partial charge in [-0.05, 0) is 12.2 Å². The summed E-state index contributed by atoms with van der Waals surface area (Å²) in [6.07, 6.45) is 11.1. The van der Waals surface area contributed by atoms with Crippen molar-refractivity contribution in [1.82, 2.24) is 0 Å². The lowest BCUT2D eigenvalue weighted by Crippen LogP contribution is -2.37. The Balaban J connectivity index is 1.46. The number of carbonyl (C=O) groups excluding carboxylic acids is 1. The molecule has 0 unspecified atom stereocenters. The van der Waals surface area contributed by atoms with Gasteiger partial charge in [0.05, 0.1) is 12.7 Å². The lowest BCUT2D eigenvalue weighted by atomic mass is 10.1. The van der Waals surface area contributed by atoms with Crippen LogP contribution in [-0.4, -0.2) is 35.8 Å². The van der Waals surface area contributed by atoms with Crippen LogP contribution in [0.15, 0.2) is 0 Å². The minimum absolute atomic E-state index is 0.132. The topological polar surface area (TPSA) is 35.5 Å². The zero-order chi connectivity index (χ0) is 14.2. The Bertz CT molecular complexity index is 295. The maximum Gasteiger partial charge on any atom is 0.218 e. The molecule has 0 aromatic carbocycles. The van der Waals surface area contributed by atoms with Crippen LogP contribution in [0.4, 0.5) is 0 Å². The van der Waals surface area contributed by atoms with Crippen molar-refractivity contribution in [3.05, 3.63) is 0 Å². The quantitative estimate of drug-likeness (QED) is 0.572. The summed E-state index contributed by atoms with van der Waals surface area (Å²) in [5.41, 5.74) is 0. The van der Waals surface area contributed by atoms with E-state index >= 15 is 0 Å². The SMILES string of the molecule is CCCCCCCCCCS[C@H]1CC(=O)[C@H]2OC[C@@H]1O2. The van der Waals surface area contributed by atoms with Crippen molar-refractivity contribution >= 4 is 17.5 Å². The van der Waals surface area contributed by atoms with Crippen molar-refractivity contribution in [2.45, 2.75) is 82.4 Å². The summed E-state index contributed by atoms with van der Waals surface area (Å²) in [7, 11) is 0. The van der Waals surface area contributed by atoms with Gasteiger partial charge in [0.25, 0.3) is 0 Å². The van der Waals surface area contributed by atoms with Gasteiger partial charge >= 0.3 is 0 Å². The van der Waals surface area contributed by atoms with Gasteiger partial charge in [-0.3, -0.25) is 4.79 Å². The lowest BCUT2D eigenvalue weighted by Gasteiger charge is -2.25. The Morgan fingerprint density at radius 3 is 2.55 bits per heavy atom. The van der Waals surface area contributed by atoms with Crippen LogP contribution in [-0.2, 0) is 14.3 Å². The highest BCUT2D eigenvalue weighted by Crippen LogP contribution is 2.33. The minimum atomic E-state index is -0.542. The summed E-state index contributed by atoms with van der Waals surface area (Å²) < 4.78 is 10.9. The smallest absolute Gasteiger partial charge is 0.218 e. The van der Waals surface area contributed by atoms with Crippen molar-refractivity contribution < 1.29 is 14.3 Å². The fraction of sp³-hybridized carbons (Fsp3) is 0.938. The molecule has 2 heterocycles. The molecular weight excluding hydrogens is 272 g/mol. The molecule has 2 saturated heterocycles. The highest BCUT2D eigenvalue weighted by Gasteiger charge is 2.43. The van der Waals surface area contributed by atoms with Gasteiger partial charge in [-0.1, -0.05) is 51.9 Å². The summed E-state index contributed by atoms with van der Waals surface area (Å²) in [6.45, 7) is 2.86. The van der Waals surface area contributed by atoms with Crippen LogP contribution < -0.4 is 0 Å². The maximum absolute atomic E-state index is 11.7. The van der Waals surface area contributed by atoms with Crippen LogP contribution in [0.3, 0.4) is 0 Å². The van der Waals surface area contributed by atoms with Crippen LogP contribution in [0.2, 0.25) is 0 Å². The second kappa shape index (κ2) is 9.06. The number of hydrogen-bond donors (Lipinski definition) is 0. The van der Waals surface area contributed by atoms with E-state index in [1.54, 1.807) is 0 Å². The standard InChI is InChI=1S/C16H28O3S/c1-2-3-4-5-6-7-8-9-10-20-15-11-13(17)16-18-12-14(15)19-16/h14-16H,2-12H2,1H3/t14-,15-,16-/m0/s1. The van der Waals surface area contributed by atoms with Gasteiger partial charge in [0.1, 0.15) is 0 Å². The van der Waals surface area contributed by atoms with Crippen molar-refractivity contribution in [1.29, 1.82) is 0 Å². The molecule has 0 saturated carbocycles. The number of fused-ring (bicyclic) bond motifs is 2. The van der Waals surface area contributed by atoms with Gasteiger partial charge in [0, 0.05) is 11.7 Å². The summed E-state index contributed by atoms with van der Waals surface area (Å²) in [5, 5.41) is 0.325. The zero-order valence-electron chi connectivity index (χ0n) is 12.6. The predicted molar refractivity (Wildman–Crippen MR) is 83.1 cm³/mol. The molecule has 3 nitrogen and oxygen atoms in total. The summed E-state index contributed by atoms with van der Waals surface area (Å²) >= 11 is 1.91. The molecule has 2 bridgehead atoms. The molecule has 2 aliphatic heterocycles. The largest absolute Gasteiger partial charge is 0.343 e. The van der Waals surface area contributed by atoms with Crippen LogP contribution in [0.25, 0.3) is 0 Å². The first-order chi connectivity index (χ1) is 9.81. The predicted octanol–water partition coefficient (Wildman–Crippen LogP) is 3.94. The van der Waals surface area contributed by atoms with Crippen LogP contribution in [0.5, 0.6) is 0 Å². The van der Waals surface area contributed by atoms with E-state index in [4.69, 9.17) is 9.47 Å². The monoisotopic (exact) mass is 300 g/mol. The van der Waals surface area contributed by atoms with Crippen molar-refractivity contribution in [3.63, 3.8) is 0 Å². The Kier molecular flexibility index (Phi) is 7.39. The van der Waals surface area contributed by atoms with Crippen molar-refractivity contribution in [2.75, 3.05) is 12.4 Å². The molecule has 0 N–H and O–H groups in total. The molecule has 3 atom stereocenters. The normalized spacial score (nSPS) is 29.1. The molecule has 0 spiro atoms. The molecule has 116 valence electrons. The van der Waals surface area contributed by atoms with E-state index in [9.17, 15) is 4.79 Å². The van der Waals surface area contributed by atoms with Gasteiger partial charge in [0.2, 0.25) is 6.29 Å². The van der Waals surface area contributed by atoms with Gasteiger partial charge in [-0.15, -0.1) is 0 Å². The van der Waals surface area contributed by atoms with E-state index in [0.29, 0.717) is 18.3 Å². The molecule has 2 rings (SSSR count). The van der Waals surface area contributed by atoms with E-state index < -0.39 is 6.29 Å². The van der Waals surface area contributed by atoms with E-state index in [0.717, 1.165) is 5.75 Å². The van der Waals surface area contributed by atoms with Crippen LogP contribution >= 0.6 is 11.8 Å². The third-order valence-electron chi connectivity index (χ3n) is 4.12. The van der Waals surface area contributed by atoms with Crippen LogP contribution in [0.1, 0.15) is 64.7 Å². The fourth-order valence-corrected chi connectivity index (χ4v) is 4.16. The van der Waals surface area contributed by atoms with Gasteiger partial charge < -0.3 is 9.47 Å². The van der Waals surface area contributed by atoms with Gasteiger partial charge in [-0.25, -0.2) is 0 Å². The van der Waals surface area contributed by atoms with E-state index in [-0.39, 0.29) is 11.9 Å². The Labute approximate surface area is 127 Å². The third kappa shape index (κ3) is 5.05. The lowest BCUT2D eigenvalue weighted by molar-refractivity contribution is -0.151. The summed E-state index contributed by atoms with van der Waals surface area (Å²) in [5.74, 6) is 1.28. The number of hydrogen-bond acceptors (Lipinski definition) is 4. The Morgan fingerprint density at radius 2 is 1.80 bits per heavy atom. The first-order valence-corrected chi connectivity index (χ1v) is 9.27. The maximum atomic E-state index is 11.7. The second-order valence-electron chi connectivity index (χ2n) is 5.89. The number of ether oxygens (including phenoxy) is 2. The molecule has 0 amide bonds. The molecule has 0 radical (unpaired) electrons. The molecule has 0 aliphatic carbocycles. The van der Waals surface area contributed by atoms with Gasteiger partial charge in [0.15, 0.2) is 5.78 Å². The summed E-state index contributed by atoms with van der Waals surface area (Å²) in [4.78, 5) is 11.7. The zero-order valence-corrected chi connectivity index (χ0v) is 13.5. The molecule has 2 fully saturated rings. The number of unbranched alkanes of at least 4 members (excludes halogenated alkanes) is 7. The highest BCUT2D eigenvalue weighted by atomic mass is 32.2. The second-order valence-corrected chi connectivity index (χ2v) is 7.24. The third-order valence-corrected chi connectivity index (χ3v) is 5.54. The Hall–Kier alpha value is -0.0600. The fourth-order valence-electron chi connectivity index (χ4n) is 2.85. The molecule has 2 aliphatic rings. The highest BCUT2D eigenvalue weighted by molar-refractivity contribution is 7.99.